The Balaban J connectivity index is 2.09. The zero-order chi connectivity index (χ0) is 12.4. The van der Waals surface area contributed by atoms with E-state index in [0.29, 0.717) is 17.3 Å². The number of amides is 1. The molecule has 1 aliphatic rings. The zero-order valence-electron chi connectivity index (χ0n) is 10.3. The molecule has 1 aromatic rings. The Morgan fingerprint density at radius 2 is 2.12 bits per heavy atom. The monoisotopic (exact) mass is 233 g/mol. The van der Waals surface area contributed by atoms with E-state index in [0.717, 1.165) is 24.3 Å². The van der Waals surface area contributed by atoms with E-state index < -0.39 is 0 Å². The molecule has 1 saturated carbocycles. The minimum atomic E-state index is -0.0430. The Morgan fingerprint density at radius 1 is 1.41 bits per heavy atom. The molecule has 0 spiro atoms. The summed E-state index contributed by atoms with van der Waals surface area (Å²) in [7, 11) is 0. The molecule has 0 saturated heterocycles. The quantitative estimate of drug-likeness (QED) is 0.551. The van der Waals surface area contributed by atoms with Crippen LogP contribution in [0.4, 0.5) is 5.69 Å². The van der Waals surface area contributed by atoms with Gasteiger partial charge in [0.2, 0.25) is 0 Å². The van der Waals surface area contributed by atoms with Gasteiger partial charge in [-0.2, -0.15) is 0 Å². The number of carbonyl (C=O) groups excluding carboxylic acids is 1. The molecule has 1 aromatic carbocycles. The minimum Gasteiger partial charge on any atom is -0.349 e. The lowest BCUT2D eigenvalue weighted by Crippen LogP contribution is -2.43. The first-order valence-corrected chi connectivity index (χ1v) is 5.98. The molecule has 92 valence electrons. The molecule has 1 aliphatic carbocycles. The van der Waals surface area contributed by atoms with Gasteiger partial charge in [-0.05, 0) is 37.8 Å². The topological polar surface area (TPSA) is 67.1 Å². The second-order valence-corrected chi connectivity index (χ2v) is 4.94. The van der Waals surface area contributed by atoms with Crippen molar-refractivity contribution in [2.45, 2.75) is 32.7 Å². The van der Waals surface area contributed by atoms with Crippen molar-refractivity contribution in [3.05, 3.63) is 29.3 Å². The number of carbonyl (C=O) groups is 1. The highest BCUT2D eigenvalue weighted by atomic mass is 16.1. The van der Waals surface area contributed by atoms with Gasteiger partial charge >= 0.3 is 0 Å². The van der Waals surface area contributed by atoms with Gasteiger partial charge in [-0.15, -0.1) is 0 Å². The summed E-state index contributed by atoms with van der Waals surface area (Å²) in [5, 5.41) is 3.03. The fraction of sp³-hybridized carbons (Fsp3) is 0.462. The summed E-state index contributed by atoms with van der Waals surface area (Å²) >= 11 is 0. The normalized spacial score (nSPS) is 22.8. The fourth-order valence-corrected chi connectivity index (χ4v) is 2.26. The van der Waals surface area contributed by atoms with Gasteiger partial charge in [0, 0.05) is 6.04 Å². The van der Waals surface area contributed by atoms with Crippen molar-refractivity contribution in [2.75, 3.05) is 5.43 Å². The molecule has 17 heavy (non-hydrogen) atoms. The van der Waals surface area contributed by atoms with Crippen molar-refractivity contribution in [1.82, 2.24) is 5.32 Å². The zero-order valence-corrected chi connectivity index (χ0v) is 10.3. The van der Waals surface area contributed by atoms with Gasteiger partial charge < -0.3 is 10.7 Å². The predicted molar refractivity (Wildman–Crippen MR) is 68.6 cm³/mol. The van der Waals surface area contributed by atoms with Crippen LogP contribution in [-0.2, 0) is 0 Å². The van der Waals surface area contributed by atoms with Crippen LogP contribution in [0.2, 0.25) is 0 Å². The third-order valence-electron chi connectivity index (χ3n) is 3.28. The lowest BCUT2D eigenvalue weighted by atomic mass is 9.82. The number of rotatable bonds is 3. The summed E-state index contributed by atoms with van der Waals surface area (Å²) in [4.78, 5) is 12.1. The van der Waals surface area contributed by atoms with Gasteiger partial charge in [-0.25, -0.2) is 0 Å². The molecule has 0 atom stereocenters. The summed E-state index contributed by atoms with van der Waals surface area (Å²) in [6, 6.07) is 5.93. The average Bonchev–Trinajstić information content (AvgIpc) is 2.27. The van der Waals surface area contributed by atoms with E-state index in [2.05, 4.69) is 17.7 Å². The van der Waals surface area contributed by atoms with Crippen LogP contribution in [0.15, 0.2) is 18.2 Å². The van der Waals surface area contributed by atoms with Gasteiger partial charge in [0.05, 0.1) is 11.3 Å². The third kappa shape index (κ3) is 2.58. The first-order valence-electron chi connectivity index (χ1n) is 5.98. The molecule has 1 fully saturated rings. The summed E-state index contributed by atoms with van der Waals surface area (Å²) < 4.78 is 0. The summed E-state index contributed by atoms with van der Waals surface area (Å²) in [6.45, 7) is 4.16. The van der Waals surface area contributed by atoms with E-state index in [-0.39, 0.29) is 5.91 Å². The van der Waals surface area contributed by atoms with E-state index in [4.69, 9.17) is 5.84 Å². The second-order valence-electron chi connectivity index (χ2n) is 4.94. The van der Waals surface area contributed by atoms with Crippen LogP contribution >= 0.6 is 0 Å². The van der Waals surface area contributed by atoms with Gasteiger partial charge in [-0.1, -0.05) is 18.6 Å². The molecular weight excluding hydrogens is 214 g/mol. The molecule has 1 amide bonds. The van der Waals surface area contributed by atoms with Gasteiger partial charge in [0.1, 0.15) is 0 Å². The van der Waals surface area contributed by atoms with Crippen molar-refractivity contribution < 1.29 is 4.79 Å². The SMILES string of the molecule is Cc1ccc(NN)c(C(=O)NC2CC(C)C2)c1. The molecule has 2 rings (SSSR count). The van der Waals surface area contributed by atoms with Crippen LogP contribution in [0, 0.1) is 12.8 Å². The molecule has 0 unspecified atom stereocenters. The van der Waals surface area contributed by atoms with Crippen molar-refractivity contribution in [1.29, 1.82) is 0 Å². The van der Waals surface area contributed by atoms with Gasteiger partial charge in [0.25, 0.3) is 5.91 Å². The lowest BCUT2D eigenvalue weighted by Gasteiger charge is -2.33. The van der Waals surface area contributed by atoms with Gasteiger partial charge in [-0.3, -0.25) is 10.6 Å². The Labute approximate surface area is 102 Å². The van der Waals surface area contributed by atoms with Crippen molar-refractivity contribution in [3.8, 4) is 0 Å². The number of hydrazine groups is 1. The average molecular weight is 233 g/mol. The number of nitrogen functional groups attached to an aromatic ring is 1. The first kappa shape index (κ1) is 11.9. The van der Waals surface area contributed by atoms with Crippen molar-refractivity contribution >= 4 is 11.6 Å². The van der Waals surface area contributed by atoms with Crippen LogP contribution < -0.4 is 16.6 Å². The third-order valence-corrected chi connectivity index (χ3v) is 3.28. The maximum absolute atomic E-state index is 12.1. The van der Waals surface area contributed by atoms with E-state index in [9.17, 15) is 4.79 Å². The molecule has 0 aliphatic heterocycles. The molecule has 4 nitrogen and oxygen atoms in total. The van der Waals surface area contributed by atoms with Gasteiger partial charge in [0.15, 0.2) is 0 Å². The Kier molecular flexibility index (Phi) is 3.33. The Morgan fingerprint density at radius 3 is 2.71 bits per heavy atom. The maximum Gasteiger partial charge on any atom is 0.253 e. The summed E-state index contributed by atoms with van der Waals surface area (Å²) in [5.74, 6) is 6.09. The van der Waals surface area contributed by atoms with E-state index >= 15 is 0 Å². The molecular formula is C13H19N3O. The summed E-state index contributed by atoms with van der Waals surface area (Å²) in [5.41, 5.74) is 4.90. The Hall–Kier alpha value is -1.55. The number of nitrogens with one attached hydrogen (secondary N) is 2. The predicted octanol–water partition coefficient (Wildman–Crippen LogP) is 1.81. The molecule has 0 bridgehead atoms. The number of hydrogen-bond acceptors (Lipinski definition) is 3. The van der Waals surface area contributed by atoms with E-state index in [1.54, 1.807) is 0 Å². The Bertz CT molecular complexity index is 425. The van der Waals surface area contributed by atoms with E-state index in [1.165, 1.54) is 0 Å². The molecule has 0 radical (unpaired) electrons. The van der Waals surface area contributed by atoms with Crippen molar-refractivity contribution in [2.24, 2.45) is 11.8 Å². The second kappa shape index (κ2) is 4.75. The van der Waals surface area contributed by atoms with E-state index in [1.807, 2.05) is 25.1 Å². The van der Waals surface area contributed by atoms with Crippen LogP contribution in [0.5, 0.6) is 0 Å². The highest BCUT2D eigenvalue weighted by Crippen LogP contribution is 2.27. The standard InChI is InChI=1S/C13H19N3O/c1-8-3-4-12(16-14)11(7-8)13(17)15-10-5-9(2)6-10/h3-4,7,9-10,16H,5-6,14H2,1-2H3,(H,15,17). The number of hydrogen-bond donors (Lipinski definition) is 3. The van der Waals surface area contributed by atoms with Crippen LogP contribution in [0.3, 0.4) is 0 Å². The lowest BCUT2D eigenvalue weighted by molar-refractivity contribution is 0.0897. The molecule has 4 heteroatoms. The van der Waals surface area contributed by atoms with Crippen molar-refractivity contribution in [3.63, 3.8) is 0 Å². The molecule has 0 aromatic heterocycles. The number of aryl methyl sites for hydroxylation is 1. The summed E-state index contributed by atoms with van der Waals surface area (Å²) in [6.07, 6.45) is 2.14. The maximum atomic E-state index is 12.1. The highest BCUT2D eigenvalue weighted by Gasteiger charge is 2.27. The van der Waals surface area contributed by atoms with Crippen LogP contribution in [-0.4, -0.2) is 11.9 Å². The molecule has 4 N–H and O–H groups in total. The smallest absolute Gasteiger partial charge is 0.253 e. The minimum absolute atomic E-state index is 0.0430. The fourth-order valence-electron chi connectivity index (χ4n) is 2.26. The molecule has 0 heterocycles. The largest absolute Gasteiger partial charge is 0.349 e. The van der Waals surface area contributed by atoms with Crippen LogP contribution in [0.25, 0.3) is 0 Å². The number of nitrogens with two attached hydrogens (primary N) is 1. The first-order chi connectivity index (χ1) is 8.10. The number of benzene rings is 1. The number of anilines is 1. The van der Waals surface area contributed by atoms with Crippen LogP contribution in [0.1, 0.15) is 35.7 Å². The highest BCUT2D eigenvalue weighted by molar-refractivity contribution is 5.99.